The van der Waals surface area contributed by atoms with Gasteiger partial charge in [-0.15, -0.1) is 0 Å². The Morgan fingerprint density at radius 2 is 0.853 bits per heavy atom. The third kappa shape index (κ3) is 8.21. The molecule has 0 N–H and O–H groups in total. The number of rotatable bonds is 13. The van der Waals surface area contributed by atoms with Crippen molar-refractivity contribution >= 4 is 23.5 Å². The number of ketones is 2. The molecule has 194 valence electrons. The summed E-state index contributed by atoms with van der Waals surface area (Å²) in [5.41, 5.74) is -2.25. The Hall–Kier alpha value is -2.24. The molecule has 0 aliphatic heterocycles. The Kier molecular flexibility index (Phi) is 11.2. The lowest BCUT2D eigenvalue weighted by Crippen LogP contribution is -2.38. The van der Waals surface area contributed by atoms with Crippen LogP contribution in [-0.2, 0) is 28.7 Å². The Labute approximate surface area is 206 Å². The fraction of sp³-hybridized carbons (Fsp3) is 0.714. The normalized spacial score (nSPS) is 15.3. The number of esters is 2. The molecule has 0 heterocycles. The summed E-state index contributed by atoms with van der Waals surface area (Å²) in [7, 11) is 0. The van der Waals surface area contributed by atoms with Crippen molar-refractivity contribution < 1.29 is 28.7 Å². The van der Waals surface area contributed by atoms with Gasteiger partial charge in [-0.2, -0.15) is 0 Å². The van der Waals surface area contributed by atoms with E-state index < -0.39 is 34.6 Å². The molecule has 0 aromatic rings. The van der Waals surface area contributed by atoms with E-state index in [1.54, 1.807) is 13.8 Å². The second kappa shape index (κ2) is 11.9. The van der Waals surface area contributed by atoms with Crippen LogP contribution in [0.5, 0.6) is 0 Å². The summed E-state index contributed by atoms with van der Waals surface area (Å²) in [6.45, 7) is 22.4. The van der Waals surface area contributed by atoms with Crippen LogP contribution in [0, 0.1) is 33.5 Å². The minimum Gasteiger partial charge on any atom is -0.465 e. The molecular weight excluding hydrogens is 432 g/mol. The molecule has 0 fully saturated rings. The monoisotopic (exact) mass is 478 g/mol. The molecule has 0 aliphatic rings. The van der Waals surface area contributed by atoms with Crippen LogP contribution in [0.3, 0.4) is 0 Å². The fourth-order valence-electron chi connectivity index (χ4n) is 3.91. The smallest absolute Gasteiger partial charge is 0.317 e. The van der Waals surface area contributed by atoms with Crippen molar-refractivity contribution in [3.8, 4) is 0 Å². The molecule has 0 radical (unpaired) electrons. The number of hydrogen-bond donors (Lipinski definition) is 0. The van der Waals surface area contributed by atoms with Gasteiger partial charge < -0.3 is 9.47 Å². The Bertz CT molecular complexity index is 743. The molecule has 0 rings (SSSR count). The summed E-state index contributed by atoms with van der Waals surface area (Å²) < 4.78 is 10.3. The van der Waals surface area contributed by atoms with Crippen molar-refractivity contribution in [3.63, 3.8) is 0 Å². The van der Waals surface area contributed by atoms with E-state index in [0.717, 1.165) is 0 Å². The van der Waals surface area contributed by atoms with Gasteiger partial charge in [0, 0.05) is 10.8 Å². The number of carbonyl (C=O) groups excluding carboxylic acids is 4. The molecule has 0 spiro atoms. The molecule has 0 aliphatic carbocycles. The summed E-state index contributed by atoms with van der Waals surface area (Å²) in [4.78, 5) is 49.4. The third-order valence-electron chi connectivity index (χ3n) is 6.87. The highest BCUT2D eigenvalue weighted by atomic mass is 16.5. The van der Waals surface area contributed by atoms with E-state index in [4.69, 9.17) is 9.47 Å². The molecule has 0 saturated carbocycles. The molecule has 6 nitrogen and oxygen atoms in total. The molecule has 34 heavy (non-hydrogen) atoms. The van der Waals surface area contributed by atoms with Crippen LogP contribution >= 0.6 is 0 Å². The van der Waals surface area contributed by atoms with Crippen LogP contribution in [-0.4, -0.2) is 36.7 Å². The summed E-state index contributed by atoms with van der Waals surface area (Å²) >= 11 is 0. The van der Waals surface area contributed by atoms with Crippen molar-refractivity contribution in [2.75, 3.05) is 13.2 Å². The molecular formula is C28H46O6. The Morgan fingerprint density at radius 3 is 1.06 bits per heavy atom. The van der Waals surface area contributed by atoms with Gasteiger partial charge in [0.05, 0.1) is 13.2 Å². The first-order valence-corrected chi connectivity index (χ1v) is 12.0. The zero-order valence-electron chi connectivity index (χ0n) is 23.3. The number of allylic oxidation sites excluding steroid dienone is 4. The predicted molar refractivity (Wildman–Crippen MR) is 135 cm³/mol. The van der Waals surface area contributed by atoms with Crippen LogP contribution in [0.15, 0.2) is 24.3 Å². The molecule has 6 heteroatoms. The summed E-state index contributed by atoms with van der Waals surface area (Å²) in [6, 6.07) is 0. The maximum absolute atomic E-state index is 12.4. The largest absolute Gasteiger partial charge is 0.465 e. The lowest BCUT2D eigenvalue weighted by molar-refractivity contribution is -0.156. The maximum atomic E-state index is 12.4. The van der Waals surface area contributed by atoms with E-state index in [2.05, 4.69) is 27.7 Å². The highest BCUT2D eigenvalue weighted by molar-refractivity contribution is 5.99. The van der Waals surface area contributed by atoms with Crippen LogP contribution in [0.2, 0.25) is 0 Å². The van der Waals surface area contributed by atoms with E-state index >= 15 is 0 Å². The first-order valence-electron chi connectivity index (χ1n) is 12.0. The summed E-state index contributed by atoms with van der Waals surface area (Å²) in [6.07, 6.45) is 7.86. The van der Waals surface area contributed by atoms with Crippen LogP contribution in [0.1, 0.15) is 83.1 Å². The first-order chi connectivity index (χ1) is 15.3. The molecule has 2 unspecified atom stereocenters. The van der Waals surface area contributed by atoms with Gasteiger partial charge in [0.15, 0.2) is 0 Å². The van der Waals surface area contributed by atoms with Crippen molar-refractivity contribution in [2.45, 2.75) is 83.1 Å². The highest BCUT2D eigenvalue weighted by Crippen LogP contribution is 2.44. The van der Waals surface area contributed by atoms with Gasteiger partial charge in [-0.3, -0.25) is 19.2 Å². The van der Waals surface area contributed by atoms with Gasteiger partial charge >= 0.3 is 11.9 Å². The minimum absolute atomic E-state index is 0.217. The summed E-state index contributed by atoms with van der Waals surface area (Å²) in [5, 5.41) is 0. The van der Waals surface area contributed by atoms with Crippen molar-refractivity contribution in [1.29, 1.82) is 0 Å². The van der Waals surface area contributed by atoms with E-state index in [-0.39, 0.29) is 35.6 Å². The fourth-order valence-corrected chi connectivity index (χ4v) is 3.91. The zero-order chi connectivity index (χ0) is 27.1. The van der Waals surface area contributed by atoms with E-state index in [0.29, 0.717) is 0 Å². The van der Waals surface area contributed by atoms with Crippen molar-refractivity contribution in [1.82, 2.24) is 0 Å². The van der Waals surface area contributed by atoms with E-state index in [9.17, 15) is 19.2 Å². The van der Waals surface area contributed by atoms with Gasteiger partial charge in [0.25, 0.3) is 0 Å². The zero-order valence-corrected chi connectivity index (χ0v) is 23.3. The molecule has 2 atom stereocenters. The van der Waals surface area contributed by atoms with Crippen LogP contribution < -0.4 is 0 Å². The lowest BCUT2D eigenvalue weighted by Gasteiger charge is -2.40. The quantitative estimate of drug-likeness (QED) is 0.191. The predicted octanol–water partition coefficient (Wildman–Crippen LogP) is 5.74. The Morgan fingerprint density at radius 1 is 0.588 bits per heavy atom. The molecule has 0 amide bonds. The molecule has 0 aromatic carbocycles. The van der Waals surface area contributed by atoms with Gasteiger partial charge in [-0.25, -0.2) is 0 Å². The van der Waals surface area contributed by atoms with Crippen molar-refractivity contribution in [3.05, 3.63) is 24.3 Å². The van der Waals surface area contributed by atoms with Gasteiger partial charge in [-0.05, 0) is 38.5 Å². The standard InChI is InChI=1S/C28H46O6/c1-13-33-23(31)21(19(3)29)25(5,6)15-17-27(9,10)28(11,12)18-16-26(7,8)22(20(4)30)24(32)34-14-2/h15-18,21-22H,13-14H2,1-12H3/b17-15+,18-16+. The number of hydrogen-bond acceptors (Lipinski definition) is 6. The lowest BCUT2D eigenvalue weighted by atomic mass is 9.64. The highest BCUT2D eigenvalue weighted by Gasteiger charge is 2.41. The molecule has 0 saturated heterocycles. The second-order valence-electron chi connectivity index (χ2n) is 11.3. The number of carbonyl (C=O) groups is 4. The third-order valence-corrected chi connectivity index (χ3v) is 6.87. The minimum atomic E-state index is -0.891. The average Bonchev–Trinajstić information content (AvgIpc) is 2.64. The average molecular weight is 479 g/mol. The van der Waals surface area contributed by atoms with Crippen molar-refractivity contribution in [2.24, 2.45) is 33.5 Å². The van der Waals surface area contributed by atoms with Crippen LogP contribution in [0.25, 0.3) is 0 Å². The van der Waals surface area contributed by atoms with Gasteiger partial charge in [0.1, 0.15) is 23.4 Å². The first kappa shape index (κ1) is 31.8. The summed E-state index contributed by atoms with van der Waals surface area (Å²) in [5.74, 6) is -3.28. The van der Waals surface area contributed by atoms with Gasteiger partial charge in [0.2, 0.25) is 0 Å². The van der Waals surface area contributed by atoms with Gasteiger partial charge in [-0.1, -0.05) is 79.7 Å². The Balaban J connectivity index is 6.02. The molecule has 0 bridgehead atoms. The van der Waals surface area contributed by atoms with Crippen LogP contribution in [0.4, 0.5) is 0 Å². The number of Topliss-reactive ketones (excluding diaryl/α,β-unsaturated/α-hetero) is 2. The second-order valence-corrected chi connectivity index (χ2v) is 11.3. The SMILES string of the molecule is CCOC(=O)C(C(C)=O)C(C)(C)/C=C/C(C)(C)C(C)(C)/C=C/C(C)(C)C(C(C)=O)C(=O)OCC. The molecule has 0 aromatic heterocycles. The maximum Gasteiger partial charge on any atom is 0.317 e. The van der Waals surface area contributed by atoms with E-state index in [1.807, 2.05) is 52.0 Å². The topological polar surface area (TPSA) is 86.7 Å². The number of ether oxygens (including phenoxy) is 2. The van der Waals surface area contributed by atoms with E-state index in [1.165, 1.54) is 13.8 Å².